The van der Waals surface area contributed by atoms with Gasteiger partial charge in [-0.25, -0.2) is 9.18 Å². The fourth-order valence-electron chi connectivity index (χ4n) is 4.20. The first-order valence-electron chi connectivity index (χ1n) is 9.91. The number of oxazole rings is 1. The van der Waals surface area contributed by atoms with Gasteiger partial charge >= 0.3 is 5.76 Å². The predicted molar refractivity (Wildman–Crippen MR) is 111 cm³/mol. The molecule has 154 valence electrons. The second-order valence-electron chi connectivity index (χ2n) is 7.70. The van der Waals surface area contributed by atoms with Crippen molar-refractivity contribution in [1.29, 1.82) is 0 Å². The average Bonchev–Trinajstić information content (AvgIpc) is 2.98. The van der Waals surface area contributed by atoms with E-state index in [0.29, 0.717) is 30.0 Å². The highest BCUT2D eigenvalue weighted by molar-refractivity contribution is 5.87. The fourth-order valence-corrected chi connectivity index (χ4v) is 4.20. The van der Waals surface area contributed by atoms with Crippen LogP contribution < -0.4 is 15.4 Å². The maximum atomic E-state index is 13.3. The van der Waals surface area contributed by atoms with Gasteiger partial charge in [0.05, 0.1) is 11.2 Å². The number of aryl methyl sites for hydroxylation is 1. The van der Waals surface area contributed by atoms with Crippen LogP contribution in [0.5, 0.6) is 5.75 Å². The monoisotopic (exact) mass is 399 g/mol. The Kier molecular flexibility index (Phi) is 5.32. The van der Waals surface area contributed by atoms with Crippen molar-refractivity contribution in [3.8, 4) is 5.75 Å². The van der Waals surface area contributed by atoms with E-state index >= 15 is 0 Å². The van der Waals surface area contributed by atoms with E-state index in [0.717, 1.165) is 30.8 Å². The standard InChI is InChI=1S/C22H26FN3O3/c1-15-13-25(20-9-5-8-19-21(20)29-22(27)24(19)3)14-16(2)26(15)10-11-28-18-7-4-6-17(23)12-18/h4-9,12,15-16H,10-11,13-14H2,1-3H3/t15-,16+. The molecule has 7 heteroatoms. The highest BCUT2D eigenvalue weighted by Crippen LogP contribution is 2.29. The molecule has 0 amide bonds. The molecule has 0 radical (unpaired) electrons. The summed E-state index contributed by atoms with van der Waals surface area (Å²) in [4.78, 5) is 16.6. The molecule has 0 spiro atoms. The number of ether oxygens (including phenoxy) is 1. The first kappa shape index (κ1) is 19.5. The van der Waals surface area contributed by atoms with Gasteiger partial charge in [0.1, 0.15) is 18.2 Å². The van der Waals surface area contributed by atoms with E-state index in [1.54, 1.807) is 19.2 Å². The summed E-state index contributed by atoms with van der Waals surface area (Å²) in [5, 5.41) is 0. The van der Waals surface area contributed by atoms with Crippen molar-refractivity contribution >= 4 is 16.8 Å². The Morgan fingerprint density at radius 3 is 2.59 bits per heavy atom. The Morgan fingerprint density at radius 1 is 1.14 bits per heavy atom. The molecule has 1 aromatic heterocycles. The van der Waals surface area contributed by atoms with Crippen LogP contribution in [0.4, 0.5) is 10.1 Å². The van der Waals surface area contributed by atoms with Gasteiger partial charge in [-0.3, -0.25) is 9.47 Å². The fraction of sp³-hybridized carbons (Fsp3) is 0.409. The lowest BCUT2D eigenvalue weighted by molar-refractivity contribution is 0.108. The number of para-hydroxylation sites is 1. The molecule has 1 saturated heterocycles. The second kappa shape index (κ2) is 7.91. The first-order chi connectivity index (χ1) is 13.9. The van der Waals surface area contributed by atoms with Crippen molar-refractivity contribution in [3.63, 3.8) is 0 Å². The summed E-state index contributed by atoms with van der Waals surface area (Å²) in [5.74, 6) is -0.0870. The number of hydrogen-bond acceptors (Lipinski definition) is 5. The smallest absolute Gasteiger partial charge is 0.419 e. The minimum absolute atomic E-state index is 0.292. The molecule has 6 nitrogen and oxygen atoms in total. The van der Waals surface area contributed by atoms with Gasteiger partial charge in [0.25, 0.3) is 0 Å². The minimum atomic E-state index is -0.346. The number of hydrogen-bond donors (Lipinski definition) is 0. The van der Waals surface area contributed by atoms with E-state index in [4.69, 9.17) is 9.15 Å². The molecule has 0 aliphatic carbocycles. The zero-order valence-corrected chi connectivity index (χ0v) is 17.0. The number of aromatic nitrogens is 1. The van der Waals surface area contributed by atoms with Gasteiger partial charge in [0.2, 0.25) is 0 Å². The molecule has 0 N–H and O–H groups in total. The van der Waals surface area contributed by atoms with E-state index in [2.05, 4.69) is 23.6 Å². The molecule has 4 rings (SSSR count). The molecule has 2 aromatic carbocycles. The summed E-state index contributed by atoms with van der Waals surface area (Å²) in [5.41, 5.74) is 2.40. The zero-order chi connectivity index (χ0) is 20.5. The van der Waals surface area contributed by atoms with Crippen LogP contribution in [-0.2, 0) is 7.05 Å². The van der Waals surface area contributed by atoms with Crippen LogP contribution >= 0.6 is 0 Å². The third-order valence-corrected chi connectivity index (χ3v) is 5.65. The van der Waals surface area contributed by atoms with Crippen LogP contribution in [-0.4, -0.2) is 47.8 Å². The topological polar surface area (TPSA) is 50.9 Å². The van der Waals surface area contributed by atoms with Gasteiger partial charge in [0, 0.05) is 44.8 Å². The van der Waals surface area contributed by atoms with E-state index in [9.17, 15) is 9.18 Å². The van der Waals surface area contributed by atoms with Gasteiger partial charge in [-0.15, -0.1) is 0 Å². The lowest BCUT2D eigenvalue weighted by Gasteiger charge is -2.45. The number of piperazine rings is 1. The molecule has 2 atom stereocenters. The molecule has 1 aliphatic heterocycles. The van der Waals surface area contributed by atoms with Gasteiger partial charge in [-0.1, -0.05) is 12.1 Å². The molecule has 0 bridgehead atoms. The van der Waals surface area contributed by atoms with Crippen LogP contribution in [0.1, 0.15) is 13.8 Å². The van der Waals surface area contributed by atoms with E-state index in [-0.39, 0.29) is 11.6 Å². The SMILES string of the molecule is C[C@@H]1CN(c2cccc3c2oc(=O)n3C)C[C@H](C)N1CCOc1cccc(F)c1. The summed E-state index contributed by atoms with van der Waals surface area (Å²) < 4.78 is 26.1. The summed E-state index contributed by atoms with van der Waals surface area (Å²) >= 11 is 0. The number of benzene rings is 2. The highest BCUT2D eigenvalue weighted by atomic mass is 19.1. The Bertz CT molecular complexity index is 1050. The minimum Gasteiger partial charge on any atom is -0.492 e. The molecular weight excluding hydrogens is 373 g/mol. The number of rotatable bonds is 5. The highest BCUT2D eigenvalue weighted by Gasteiger charge is 2.30. The van der Waals surface area contributed by atoms with E-state index in [1.165, 1.54) is 16.7 Å². The maximum absolute atomic E-state index is 13.3. The first-order valence-corrected chi connectivity index (χ1v) is 9.91. The summed E-state index contributed by atoms with van der Waals surface area (Å²) in [6.07, 6.45) is 0. The molecule has 29 heavy (non-hydrogen) atoms. The normalized spacial score (nSPS) is 20.3. The van der Waals surface area contributed by atoms with Crippen LogP contribution in [0.15, 0.2) is 51.7 Å². The zero-order valence-electron chi connectivity index (χ0n) is 17.0. The summed E-state index contributed by atoms with van der Waals surface area (Å²) in [6.45, 7) is 7.28. The lowest BCUT2D eigenvalue weighted by atomic mass is 10.1. The van der Waals surface area contributed by atoms with Crippen molar-refractivity contribution in [3.05, 3.63) is 58.8 Å². The number of halogens is 1. The van der Waals surface area contributed by atoms with Crippen molar-refractivity contribution in [2.24, 2.45) is 7.05 Å². The van der Waals surface area contributed by atoms with Gasteiger partial charge in [-0.05, 0) is 38.1 Å². The van der Waals surface area contributed by atoms with Crippen molar-refractivity contribution in [2.45, 2.75) is 25.9 Å². The van der Waals surface area contributed by atoms with Crippen molar-refractivity contribution in [2.75, 3.05) is 31.1 Å². The van der Waals surface area contributed by atoms with Crippen molar-refractivity contribution in [1.82, 2.24) is 9.47 Å². The molecule has 0 unspecified atom stereocenters. The quantitative estimate of drug-likeness (QED) is 0.659. The van der Waals surface area contributed by atoms with Crippen molar-refractivity contribution < 1.29 is 13.5 Å². The van der Waals surface area contributed by atoms with E-state index in [1.807, 2.05) is 18.2 Å². The third-order valence-electron chi connectivity index (χ3n) is 5.65. The average molecular weight is 399 g/mol. The lowest BCUT2D eigenvalue weighted by Crippen LogP contribution is -2.57. The third kappa shape index (κ3) is 3.87. The summed E-state index contributed by atoms with van der Waals surface area (Å²) in [6, 6.07) is 12.7. The second-order valence-corrected chi connectivity index (χ2v) is 7.70. The number of nitrogens with zero attached hydrogens (tertiary/aromatic N) is 3. The largest absolute Gasteiger partial charge is 0.492 e. The van der Waals surface area contributed by atoms with Crippen LogP contribution in [0.2, 0.25) is 0 Å². The number of anilines is 1. The number of fused-ring (bicyclic) bond motifs is 1. The van der Waals surface area contributed by atoms with Gasteiger partial charge in [-0.2, -0.15) is 0 Å². The molecule has 3 aromatic rings. The van der Waals surface area contributed by atoms with E-state index < -0.39 is 0 Å². The molecule has 2 heterocycles. The van der Waals surface area contributed by atoms with Gasteiger partial charge < -0.3 is 14.1 Å². The van der Waals surface area contributed by atoms with Crippen LogP contribution in [0.25, 0.3) is 11.1 Å². The molecule has 0 saturated carbocycles. The van der Waals surface area contributed by atoms with Crippen LogP contribution in [0.3, 0.4) is 0 Å². The maximum Gasteiger partial charge on any atom is 0.419 e. The Hall–Kier alpha value is -2.80. The Balaban J connectivity index is 1.44. The molecule has 1 fully saturated rings. The Labute approximate surface area is 169 Å². The summed E-state index contributed by atoms with van der Waals surface area (Å²) in [7, 11) is 1.72. The predicted octanol–water partition coefficient (Wildman–Crippen LogP) is 3.25. The Morgan fingerprint density at radius 2 is 1.86 bits per heavy atom. The molecule has 1 aliphatic rings. The van der Waals surface area contributed by atoms with Gasteiger partial charge in [0.15, 0.2) is 5.58 Å². The van der Waals surface area contributed by atoms with Crippen LogP contribution in [0, 0.1) is 5.82 Å². The molecular formula is C22H26FN3O3.